The molecular weight excluding hydrogens is 310 g/mol. The molecule has 0 saturated heterocycles. The second kappa shape index (κ2) is 6.42. The minimum atomic E-state index is 1.01. The van der Waals surface area contributed by atoms with Crippen molar-refractivity contribution in [3.63, 3.8) is 0 Å². The van der Waals surface area contributed by atoms with Gasteiger partial charge in [0.1, 0.15) is 0 Å². The van der Waals surface area contributed by atoms with Gasteiger partial charge in [0.15, 0.2) is 0 Å². The van der Waals surface area contributed by atoms with E-state index < -0.39 is 0 Å². The molecule has 0 fully saturated rings. The highest BCUT2D eigenvalue weighted by Crippen LogP contribution is 2.31. The van der Waals surface area contributed by atoms with Crippen molar-refractivity contribution >= 4 is 11.3 Å². The predicted molar refractivity (Wildman–Crippen MR) is 103 cm³/mol. The second-order valence-corrected chi connectivity index (χ2v) is 6.78. The summed E-state index contributed by atoms with van der Waals surface area (Å²) < 4.78 is 0. The van der Waals surface area contributed by atoms with E-state index in [4.69, 9.17) is 4.98 Å². The van der Waals surface area contributed by atoms with Crippen molar-refractivity contribution in [3.8, 4) is 33.0 Å². The summed E-state index contributed by atoms with van der Waals surface area (Å²) in [5.41, 5.74) is 6.88. The average Bonchev–Trinajstić information content (AvgIpc) is 3.17. The highest BCUT2D eigenvalue weighted by Gasteiger charge is 2.09. The van der Waals surface area contributed by atoms with Crippen LogP contribution < -0.4 is 0 Å². The Morgan fingerprint density at radius 1 is 0.667 bits per heavy atom. The largest absolute Gasteiger partial charge is 0.247 e. The number of thiophene rings is 1. The highest BCUT2D eigenvalue weighted by molar-refractivity contribution is 7.13. The van der Waals surface area contributed by atoms with Gasteiger partial charge in [-0.15, -0.1) is 11.3 Å². The number of nitrogens with zero attached hydrogens (tertiary/aromatic N) is 1. The molecule has 1 nitrogen and oxygen atoms in total. The number of aryl methyl sites for hydroxylation is 1. The SMILES string of the molecule is Cc1ccc(-c2cc(-c3ccccc3)nc(-c3cccs3)c2)cc1. The van der Waals surface area contributed by atoms with Crippen LogP contribution in [0.2, 0.25) is 0 Å². The number of pyridine rings is 1. The van der Waals surface area contributed by atoms with Gasteiger partial charge < -0.3 is 0 Å². The standard InChI is InChI=1S/C22H17NS/c1-16-9-11-17(12-10-16)19-14-20(18-6-3-2-4-7-18)23-21(15-19)22-8-5-13-24-22/h2-15H,1H3. The van der Waals surface area contributed by atoms with Gasteiger partial charge in [-0.05, 0) is 41.6 Å². The third-order valence-corrected chi connectivity index (χ3v) is 4.95. The predicted octanol–water partition coefficient (Wildman–Crippen LogP) is 6.45. The third kappa shape index (κ3) is 3.01. The summed E-state index contributed by atoms with van der Waals surface area (Å²) in [6.45, 7) is 2.11. The van der Waals surface area contributed by atoms with Crippen LogP contribution in [-0.2, 0) is 0 Å². The summed E-state index contributed by atoms with van der Waals surface area (Å²) in [6, 6.07) is 27.6. The van der Waals surface area contributed by atoms with E-state index in [0.29, 0.717) is 0 Å². The second-order valence-electron chi connectivity index (χ2n) is 5.84. The van der Waals surface area contributed by atoms with Crippen molar-refractivity contribution < 1.29 is 0 Å². The molecule has 0 unspecified atom stereocenters. The Bertz CT molecular complexity index is 939. The molecule has 0 radical (unpaired) electrons. The van der Waals surface area contributed by atoms with Crippen molar-refractivity contribution in [1.82, 2.24) is 4.98 Å². The van der Waals surface area contributed by atoms with Crippen LogP contribution in [0.15, 0.2) is 84.2 Å². The average molecular weight is 327 g/mol. The minimum absolute atomic E-state index is 1.01. The normalized spacial score (nSPS) is 10.7. The Morgan fingerprint density at radius 3 is 2.12 bits per heavy atom. The van der Waals surface area contributed by atoms with Crippen molar-refractivity contribution in [2.24, 2.45) is 0 Å². The summed E-state index contributed by atoms with van der Waals surface area (Å²) in [7, 11) is 0. The van der Waals surface area contributed by atoms with E-state index in [9.17, 15) is 0 Å². The first-order valence-electron chi connectivity index (χ1n) is 7.98. The molecule has 0 spiro atoms. The van der Waals surface area contributed by atoms with Gasteiger partial charge in [-0.2, -0.15) is 0 Å². The number of hydrogen-bond acceptors (Lipinski definition) is 2. The van der Waals surface area contributed by atoms with Gasteiger partial charge in [0.05, 0.1) is 16.3 Å². The van der Waals surface area contributed by atoms with Crippen LogP contribution in [0, 0.1) is 6.92 Å². The topological polar surface area (TPSA) is 12.9 Å². The number of hydrogen-bond donors (Lipinski definition) is 0. The molecular formula is C22H17NS. The molecule has 2 aromatic heterocycles. The van der Waals surface area contributed by atoms with E-state index in [1.165, 1.54) is 21.6 Å². The molecule has 2 heteroatoms. The van der Waals surface area contributed by atoms with Crippen LogP contribution in [0.1, 0.15) is 5.56 Å². The fraction of sp³-hybridized carbons (Fsp3) is 0.0455. The Balaban J connectivity index is 1.90. The van der Waals surface area contributed by atoms with Gasteiger partial charge in [0, 0.05) is 5.56 Å². The summed E-state index contributed by atoms with van der Waals surface area (Å²) in [5.74, 6) is 0. The van der Waals surface area contributed by atoms with Crippen molar-refractivity contribution in [1.29, 1.82) is 0 Å². The molecule has 24 heavy (non-hydrogen) atoms. The van der Waals surface area contributed by atoms with E-state index >= 15 is 0 Å². The molecule has 116 valence electrons. The van der Waals surface area contributed by atoms with Crippen LogP contribution in [0.5, 0.6) is 0 Å². The van der Waals surface area contributed by atoms with Gasteiger partial charge in [-0.3, -0.25) is 0 Å². The fourth-order valence-electron chi connectivity index (χ4n) is 2.75. The van der Waals surface area contributed by atoms with Crippen molar-refractivity contribution in [3.05, 3.63) is 89.8 Å². The first-order chi connectivity index (χ1) is 11.8. The summed E-state index contributed by atoms with van der Waals surface area (Å²) in [4.78, 5) is 6.10. The zero-order valence-corrected chi connectivity index (χ0v) is 14.3. The van der Waals surface area contributed by atoms with Crippen LogP contribution in [0.4, 0.5) is 0 Å². The molecule has 0 saturated carbocycles. The lowest BCUT2D eigenvalue weighted by Gasteiger charge is -2.09. The van der Waals surface area contributed by atoms with Crippen LogP contribution in [0.25, 0.3) is 33.0 Å². The summed E-state index contributed by atoms with van der Waals surface area (Å²) in [5, 5.41) is 2.09. The smallest absolute Gasteiger partial charge is 0.0815 e. The van der Waals surface area contributed by atoms with Crippen molar-refractivity contribution in [2.75, 3.05) is 0 Å². The van der Waals surface area contributed by atoms with E-state index in [0.717, 1.165) is 17.0 Å². The third-order valence-electron chi connectivity index (χ3n) is 4.05. The molecule has 0 amide bonds. The van der Waals surface area contributed by atoms with Gasteiger partial charge >= 0.3 is 0 Å². The van der Waals surface area contributed by atoms with E-state index in [-0.39, 0.29) is 0 Å². The Morgan fingerprint density at radius 2 is 1.42 bits per heavy atom. The summed E-state index contributed by atoms with van der Waals surface area (Å²) in [6.07, 6.45) is 0. The number of rotatable bonds is 3. The molecule has 4 aromatic rings. The lowest BCUT2D eigenvalue weighted by molar-refractivity contribution is 1.33. The molecule has 0 N–H and O–H groups in total. The Labute approximate surface area is 146 Å². The molecule has 2 heterocycles. The molecule has 4 rings (SSSR count). The zero-order valence-electron chi connectivity index (χ0n) is 13.4. The minimum Gasteiger partial charge on any atom is -0.247 e. The molecule has 0 aliphatic heterocycles. The number of aromatic nitrogens is 1. The molecule has 2 aromatic carbocycles. The first-order valence-corrected chi connectivity index (χ1v) is 8.86. The number of benzene rings is 2. The Hall–Kier alpha value is -2.71. The first kappa shape index (κ1) is 14.9. The molecule has 0 aliphatic carbocycles. The fourth-order valence-corrected chi connectivity index (χ4v) is 3.44. The molecule has 0 bridgehead atoms. The maximum atomic E-state index is 4.90. The van der Waals surface area contributed by atoms with Crippen LogP contribution in [0.3, 0.4) is 0 Å². The van der Waals surface area contributed by atoms with Gasteiger partial charge in [0.25, 0.3) is 0 Å². The van der Waals surface area contributed by atoms with Crippen LogP contribution >= 0.6 is 11.3 Å². The van der Waals surface area contributed by atoms with Gasteiger partial charge in [0.2, 0.25) is 0 Å². The maximum Gasteiger partial charge on any atom is 0.0815 e. The van der Waals surface area contributed by atoms with Gasteiger partial charge in [-0.25, -0.2) is 4.98 Å². The van der Waals surface area contributed by atoms with E-state index in [1.54, 1.807) is 11.3 Å². The quantitative estimate of drug-likeness (QED) is 0.421. The van der Waals surface area contributed by atoms with Crippen LogP contribution in [-0.4, -0.2) is 4.98 Å². The summed E-state index contributed by atoms with van der Waals surface area (Å²) >= 11 is 1.72. The van der Waals surface area contributed by atoms with Crippen molar-refractivity contribution in [2.45, 2.75) is 6.92 Å². The maximum absolute atomic E-state index is 4.90. The zero-order chi connectivity index (χ0) is 16.4. The van der Waals surface area contributed by atoms with E-state index in [2.05, 4.69) is 85.1 Å². The lowest BCUT2D eigenvalue weighted by atomic mass is 10.0. The highest BCUT2D eigenvalue weighted by atomic mass is 32.1. The molecule has 0 atom stereocenters. The molecule has 0 aliphatic rings. The van der Waals surface area contributed by atoms with E-state index in [1.807, 2.05) is 6.07 Å². The Kier molecular flexibility index (Phi) is 3.97. The lowest BCUT2D eigenvalue weighted by Crippen LogP contribution is -1.90. The monoisotopic (exact) mass is 327 g/mol. The van der Waals surface area contributed by atoms with Gasteiger partial charge in [-0.1, -0.05) is 66.2 Å².